The van der Waals surface area contributed by atoms with Crippen molar-refractivity contribution in [2.75, 3.05) is 6.61 Å². The Bertz CT molecular complexity index is 449. The second kappa shape index (κ2) is 3.84. The van der Waals surface area contributed by atoms with Crippen LogP contribution in [-0.2, 0) is 17.6 Å². The zero-order chi connectivity index (χ0) is 10.8. The minimum absolute atomic E-state index is 0.234. The van der Waals surface area contributed by atoms with Crippen LogP contribution >= 0.6 is 0 Å². The molecule has 0 spiro atoms. The SMILES string of the molecule is CCOC(=O)c1nc2c(c(=O)o1)CCC2. The molecular formula is C10H11NO4. The summed E-state index contributed by atoms with van der Waals surface area (Å²) < 4.78 is 9.50. The topological polar surface area (TPSA) is 69.4 Å². The van der Waals surface area contributed by atoms with Gasteiger partial charge >= 0.3 is 17.5 Å². The van der Waals surface area contributed by atoms with Crippen LogP contribution in [0.25, 0.3) is 0 Å². The molecule has 0 saturated carbocycles. The lowest BCUT2D eigenvalue weighted by molar-refractivity contribution is 0.0472. The number of fused-ring (bicyclic) bond motifs is 1. The molecule has 0 amide bonds. The van der Waals surface area contributed by atoms with Gasteiger partial charge in [0.1, 0.15) is 0 Å². The van der Waals surface area contributed by atoms with E-state index >= 15 is 0 Å². The van der Waals surface area contributed by atoms with Crippen LogP contribution < -0.4 is 5.63 Å². The summed E-state index contributed by atoms with van der Waals surface area (Å²) in [6, 6.07) is 0. The molecule has 1 aromatic heterocycles. The fourth-order valence-electron chi connectivity index (χ4n) is 1.65. The van der Waals surface area contributed by atoms with Gasteiger partial charge in [-0.3, -0.25) is 0 Å². The van der Waals surface area contributed by atoms with Crippen LogP contribution in [0.5, 0.6) is 0 Å². The van der Waals surface area contributed by atoms with Crippen LogP contribution in [-0.4, -0.2) is 17.6 Å². The Morgan fingerprint density at radius 1 is 1.53 bits per heavy atom. The van der Waals surface area contributed by atoms with Crippen molar-refractivity contribution >= 4 is 5.97 Å². The second-order valence-electron chi connectivity index (χ2n) is 3.31. The average molecular weight is 209 g/mol. The smallest absolute Gasteiger partial charge is 0.394 e. The predicted molar refractivity (Wildman–Crippen MR) is 50.8 cm³/mol. The van der Waals surface area contributed by atoms with Crippen LogP contribution in [0.4, 0.5) is 0 Å². The zero-order valence-corrected chi connectivity index (χ0v) is 8.41. The van der Waals surface area contributed by atoms with Crippen LogP contribution in [0.3, 0.4) is 0 Å². The fraction of sp³-hybridized carbons (Fsp3) is 0.500. The van der Waals surface area contributed by atoms with Crippen molar-refractivity contribution in [1.82, 2.24) is 4.98 Å². The number of hydrogen-bond acceptors (Lipinski definition) is 5. The van der Waals surface area contributed by atoms with Gasteiger partial charge in [0.25, 0.3) is 0 Å². The third-order valence-corrected chi connectivity index (χ3v) is 2.31. The van der Waals surface area contributed by atoms with E-state index in [1.54, 1.807) is 6.92 Å². The molecular weight excluding hydrogens is 198 g/mol. The quantitative estimate of drug-likeness (QED) is 0.670. The summed E-state index contributed by atoms with van der Waals surface area (Å²) in [5.74, 6) is -0.910. The molecule has 0 bridgehead atoms. The third kappa shape index (κ3) is 1.77. The van der Waals surface area contributed by atoms with Crippen molar-refractivity contribution in [1.29, 1.82) is 0 Å². The first-order valence-corrected chi connectivity index (χ1v) is 4.92. The van der Waals surface area contributed by atoms with Gasteiger partial charge in [0.05, 0.1) is 17.9 Å². The van der Waals surface area contributed by atoms with E-state index in [-0.39, 0.29) is 12.5 Å². The summed E-state index contributed by atoms with van der Waals surface area (Å²) in [7, 11) is 0. The molecule has 80 valence electrons. The number of nitrogens with zero attached hydrogens (tertiary/aromatic N) is 1. The van der Waals surface area contributed by atoms with E-state index in [1.807, 2.05) is 0 Å². The second-order valence-corrected chi connectivity index (χ2v) is 3.31. The minimum atomic E-state index is -0.677. The molecule has 5 nitrogen and oxygen atoms in total. The number of aromatic nitrogens is 1. The Morgan fingerprint density at radius 3 is 3.07 bits per heavy atom. The summed E-state index contributed by atoms with van der Waals surface area (Å²) in [5.41, 5.74) is 0.818. The van der Waals surface area contributed by atoms with E-state index in [0.717, 1.165) is 12.8 Å². The maximum absolute atomic E-state index is 11.4. The van der Waals surface area contributed by atoms with Gasteiger partial charge in [-0.2, -0.15) is 0 Å². The van der Waals surface area contributed by atoms with Crippen LogP contribution in [0.1, 0.15) is 35.3 Å². The summed E-state index contributed by atoms with van der Waals surface area (Å²) in [6.45, 7) is 1.92. The van der Waals surface area contributed by atoms with Crippen molar-refractivity contribution in [2.24, 2.45) is 0 Å². The highest BCUT2D eigenvalue weighted by Crippen LogP contribution is 2.16. The molecule has 0 aliphatic heterocycles. The van der Waals surface area contributed by atoms with E-state index in [9.17, 15) is 9.59 Å². The van der Waals surface area contributed by atoms with Gasteiger partial charge < -0.3 is 9.15 Å². The first-order valence-electron chi connectivity index (χ1n) is 4.92. The van der Waals surface area contributed by atoms with E-state index in [0.29, 0.717) is 17.7 Å². The first kappa shape index (κ1) is 9.89. The molecule has 0 N–H and O–H groups in total. The summed E-state index contributed by atoms with van der Waals surface area (Å²) >= 11 is 0. The lowest BCUT2D eigenvalue weighted by Crippen LogP contribution is -2.16. The largest absolute Gasteiger partial charge is 0.459 e. The van der Waals surface area contributed by atoms with Crippen molar-refractivity contribution in [3.8, 4) is 0 Å². The fourth-order valence-corrected chi connectivity index (χ4v) is 1.65. The Morgan fingerprint density at radius 2 is 2.33 bits per heavy atom. The van der Waals surface area contributed by atoms with Crippen molar-refractivity contribution in [2.45, 2.75) is 26.2 Å². The highest BCUT2D eigenvalue weighted by Gasteiger charge is 2.22. The first-order chi connectivity index (χ1) is 7.22. The molecule has 1 aromatic rings. The molecule has 0 saturated heterocycles. The van der Waals surface area contributed by atoms with E-state index in [1.165, 1.54) is 0 Å². The van der Waals surface area contributed by atoms with E-state index in [2.05, 4.69) is 4.98 Å². The molecule has 2 rings (SSSR count). The normalized spacial score (nSPS) is 13.7. The summed E-state index contributed by atoms with van der Waals surface area (Å²) in [6.07, 6.45) is 2.31. The molecule has 5 heteroatoms. The van der Waals surface area contributed by atoms with Gasteiger partial charge in [-0.15, -0.1) is 0 Å². The maximum atomic E-state index is 11.4. The molecule has 0 radical (unpaired) electrons. The van der Waals surface area contributed by atoms with Crippen molar-refractivity contribution in [3.05, 3.63) is 27.6 Å². The van der Waals surface area contributed by atoms with Gasteiger partial charge in [0.15, 0.2) is 0 Å². The average Bonchev–Trinajstić information content (AvgIpc) is 2.66. The van der Waals surface area contributed by atoms with E-state index in [4.69, 9.17) is 9.15 Å². The maximum Gasteiger partial charge on any atom is 0.394 e. The molecule has 1 heterocycles. The molecule has 1 aliphatic rings. The molecule has 0 fully saturated rings. The number of aryl methyl sites for hydroxylation is 1. The van der Waals surface area contributed by atoms with Gasteiger partial charge in [0, 0.05) is 0 Å². The zero-order valence-electron chi connectivity index (χ0n) is 8.41. The number of carbonyl (C=O) groups excluding carboxylic acids is 1. The molecule has 1 aliphatic carbocycles. The molecule has 0 unspecified atom stereocenters. The Kier molecular flexibility index (Phi) is 2.53. The van der Waals surface area contributed by atoms with Crippen LogP contribution in [0.2, 0.25) is 0 Å². The Labute approximate surface area is 86.1 Å². The predicted octanol–water partition coefficient (Wildman–Crippen LogP) is 0.700. The molecule has 0 aromatic carbocycles. The summed E-state index contributed by atoms with van der Waals surface area (Å²) in [5, 5.41) is 0. The Balaban J connectivity index is 2.39. The minimum Gasteiger partial charge on any atom is -0.459 e. The lowest BCUT2D eigenvalue weighted by Gasteiger charge is -2.01. The van der Waals surface area contributed by atoms with E-state index < -0.39 is 11.6 Å². The number of carbonyl (C=O) groups is 1. The highest BCUT2D eigenvalue weighted by molar-refractivity contribution is 5.84. The van der Waals surface area contributed by atoms with Crippen molar-refractivity contribution < 1.29 is 13.9 Å². The van der Waals surface area contributed by atoms with Gasteiger partial charge in [0.2, 0.25) is 0 Å². The van der Waals surface area contributed by atoms with Crippen LogP contribution in [0.15, 0.2) is 9.21 Å². The monoisotopic (exact) mass is 209 g/mol. The summed E-state index contributed by atoms with van der Waals surface area (Å²) in [4.78, 5) is 26.7. The highest BCUT2D eigenvalue weighted by atomic mass is 16.5. The number of esters is 1. The number of hydrogen-bond donors (Lipinski definition) is 0. The third-order valence-electron chi connectivity index (χ3n) is 2.31. The number of rotatable bonds is 2. The van der Waals surface area contributed by atoms with Gasteiger partial charge in [-0.1, -0.05) is 0 Å². The van der Waals surface area contributed by atoms with Crippen LogP contribution in [0, 0.1) is 0 Å². The molecule has 0 atom stereocenters. The van der Waals surface area contributed by atoms with Crippen molar-refractivity contribution in [3.63, 3.8) is 0 Å². The Hall–Kier alpha value is -1.65. The molecule has 15 heavy (non-hydrogen) atoms. The van der Waals surface area contributed by atoms with Gasteiger partial charge in [-0.25, -0.2) is 14.6 Å². The standard InChI is InChI=1S/C10H11NO4/c1-2-14-10(13)8-11-7-5-3-4-6(7)9(12)15-8/h2-5H2,1H3. The van der Waals surface area contributed by atoms with Gasteiger partial charge in [-0.05, 0) is 26.2 Å². The lowest BCUT2D eigenvalue weighted by atomic mass is 10.3. The number of ether oxygens (including phenoxy) is 1.